The van der Waals surface area contributed by atoms with Crippen molar-refractivity contribution in [1.82, 2.24) is 5.32 Å². The lowest BCUT2D eigenvalue weighted by Crippen LogP contribution is -2.37. The Bertz CT molecular complexity index is 395. The number of amides is 2. The van der Waals surface area contributed by atoms with Crippen LogP contribution in [0, 0.1) is 0 Å². The zero-order valence-electron chi connectivity index (χ0n) is 11.1. The van der Waals surface area contributed by atoms with Crippen LogP contribution in [0.3, 0.4) is 0 Å². The quantitative estimate of drug-likeness (QED) is 0.758. The molecule has 0 aliphatic heterocycles. The van der Waals surface area contributed by atoms with Crippen LogP contribution in [0.4, 0.5) is 10.5 Å². The number of ether oxygens (including phenoxy) is 2. The molecule has 0 bridgehead atoms. The van der Waals surface area contributed by atoms with Crippen LogP contribution in [-0.2, 0) is 9.47 Å². The van der Waals surface area contributed by atoms with Crippen LogP contribution in [0.2, 0.25) is 5.02 Å². The summed E-state index contributed by atoms with van der Waals surface area (Å²) in [5, 5.41) is 5.92. The van der Waals surface area contributed by atoms with Gasteiger partial charge in [0.1, 0.15) is 0 Å². The van der Waals surface area contributed by atoms with Gasteiger partial charge in [0.05, 0.1) is 6.54 Å². The van der Waals surface area contributed by atoms with E-state index in [0.717, 1.165) is 0 Å². The van der Waals surface area contributed by atoms with Gasteiger partial charge in [0.2, 0.25) is 0 Å². The molecule has 0 fully saturated rings. The number of halogens is 1. The Morgan fingerprint density at radius 2 is 2.00 bits per heavy atom. The molecule has 5 nitrogen and oxygen atoms in total. The molecule has 1 rings (SSSR count). The number of rotatable bonds is 7. The van der Waals surface area contributed by atoms with E-state index in [1.165, 1.54) is 0 Å². The van der Waals surface area contributed by atoms with Gasteiger partial charge in [-0.05, 0) is 32.0 Å². The van der Waals surface area contributed by atoms with E-state index in [0.29, 0.717) is 23.9 Å². The summed E-state index contributed by atoms with van der Waals surface area (Å²) in [6.07, 6.45) is -0.430. The Balaban J connectivity index is 2.38. The van der Waals surface area contributed by atoms with Crippen molar-refractivity contribution >= 4 is 23.3 Å². The summed E-state index contributed by atoms with van der Waals surface area (Å²) in [6, 6.07) is 6.61. The van der Waals surface area contributed by atoms with Crippen molar-refractivity contribution in [2.75, 3.05) is 25.1 Å². The van der Waals surface area contributed by atoms with Gasteiger partial charge in [0.25, 0.3) is 0 Å². The fraction of sp³-hybridized carbons (Fsp3) is 0.462. The van der Waals surface area contributed by atoms with E-state index in [4.69, 9.17) is 21.1 Å². The molecule has 2 amide bonds. The summed E-state index contributed by atoms with van der Waals surface area (Å²) in [5.74, 6) is 0. The van der Waals surface area contributed by atoms with Crippen LogP contribution in [0.5, 0.6) is 0 Å². The summed E-state index contributed by atoms with van der Waals surface area (Å²) in [5.41, 5.74) is 0.634. The van der Waals surface area contributed by atoms with Gasteiger partial charge in [-0.25, -0.2) is 4.79 Å². The normalized spacial score (nSPS) is 10.5. The average molecular weight is 287 g/mol. The Labute approximate surface area is 118 Å². The van der Waals surface area contributed by atoms with Crippen molar-refractivity contribution in [3.63, 3.8) is 0 Å². The van der Waals surface area contributed by atoms with Crippen LogP contribution in [0.1, 0.15) is 13.8 Å². The molecular weight excluding hydrogens is 268 g/mol. The maximum atomic E-state index is 11.7. The van der Waals surface area contributed by atoms with Crippen molar-refractivity contribution < 1.29 is 14.3 Å². The third kappa shape index (κ3) is 6.42. The first kappa shape index (κ1) is 15.8. The summed E-state index contributed by atoms with van der Waals surface area (Å²) in [4.78, 5) is 11.7. The Hall–Kier alpha value is -1.30. The topological polar surface area (TPSA) is 59.6 Å². The highest BCUT2D eigenvalue weighted by atomic mass is 35.5. The van der Waals surface area contributed by atoms with Crippen molar-refractivity contribution in [3.05, 3.63) is 29.3 Å². The predicted molar refractivity (Wildman–Crippen MR) is 75.5 cm³/mol. The zero-order valence-corrected chi connectivity index (χ0v) is 11.9. The third-order valence-corrected chi connectivity index (χ3v) is 2.45. The molecule has 1 aromatic carbocycles. The lowest BCUT2D eigenvalue weighted by atomic mass is 10.3. The fourth-order valence-corrected chi connectivity index (χ4v) is 1.65. The molecule has 0 saturated heterocycles. The Morgan fingerprint density at radius 1 is 1.32 bits per heavy atom. The van der Waals surface area contributed by atoms with Gasteiger partial charge in [0.15, 0.2) is 6.29 Å². The monoisotopic (exact) mass is 286 g/mol. The molecule has 2 N–H and O–H groups in total. The van der Waals surface area contributed by atoms with Gasteiger partial charge < -0.3 is 20.1 Å². The van der Waals surface area contributed by atoms with Crippen LogP contribution >= 0.6 is 11.6 Å². The zero-order chi connectivity index (χ0) is 14.1. The van der Waals surface area contributed by atoms with Crippen molar-refractivity contribution in [2.24, 2.45) is 0 Å². The highest BCUT2D eigenvalue weighted by Crippen LogP contribution is 2.14. The predicted octanol–water partition coefficient (Wildman–Crippen LogP) is 2.86. The molecule has 0 radical (unpaired) electrons. The van der Waals surface area contributed by atoms with E-state index in [1.54, 1.807) is 24.3 Å². The summed E-state index contributed by atoms with van der Waals surface area (Å²) < 4.78 is 10.6. The molecule has 0 saturated carbocycles. The molecule has 6 heteroatoms. The van der Waals surface area contributed by atoms with E-state index < -0.39 is 6.29 Å². The molecule has 0 atom stereocenters. The summed E-state index contributed by atoms with van der Waals surface area (Å²) >= 11 is 5.83. The molecule has 0 aliphatic rings. The number of benzene rings is 1. The lowest BCUT2D eigenvalue weighted by molar-refractivity contribution is -0.131. The van der Waals surface area contributed by atoms with Crippen LogP contribution in [-0.4, -0.2) is 32.1 Å². The van der Waals surface area contributed by atoms with Crippen LogP contribution < -0.4 is 10.6 Å². The molecule has 0 heterocycles. The number of hydrogen-bond acceptors (Lipinski definition) is 3. The average Bonchev–Trinajstić information content (AvgIpc) is 2.36. The Kier molecular flexibility index (Phi) is 7.25. The lowest BCUT2D eigenvalue weighted by Gasteiger charge is -2.17. The van der Waals surface area contributed by atoms with Gasteiger partial charge in [-0.15, -0.1) is 0 Å². The second kappa shape index (κ2) is 8.74. The molecule has 19 heavy (non-hydrogen) atoms. The van der Waals surface area contributed by atoms with Gasteiger partial charge in [-0.2, -0.15) is 0 Å². The summed E-state index contributed by atoms with van der Waals surface area (Å²) in [7, 11) is 0. The third-order valence-electron chi connectivity index (χ3n) is 2.22. The van der Waals surface area contributed by atoms with E-state index in [9.17, 15) is 4.79 Å². The first-order valence-electron chi connectivity index (χ1n) is 6.19. The van der Waals surface area contributed by atoms with Crippen molar-refractivity contribution in [3.8, 4) is 0 Å². The van der Waals surface area contributed by atoms with Gasteiger partial charge in [-0.1, -0.05) is 17.7 Å². The number of nitrogens with one attached hydrogen (secondary N) is 2. The SMILES string of the molecule is CCOC(CNC(=O)Nc1cccc(Cl)c1)OCC. The van der Waals surface area contributed by atoms with E-state index in [2.05, 4.69) is 10.6 Å². The van der Waals surface area contributed by atoms with E-state index in [-0.39, 0.29) is 12.6 Å². The van der Waals surface area contributed by atoms with Gasteiger partial charge in [0, 0.05) is 23.9 Å². The highest BCUT2D eigenvalue weighted by molar-refractivity contribution is 6.30. The maximum Gasteiger partial charge on any atom is 0.319 e. The van der Waals surface area contributed by atoms with Crippen molar-refractivity contribution in [1.29, 1.82) is 0 Å². The van der Waals surface area contributed by atoms with Crippen LogP contribution in [0.15, 0.2) is 24.3 Å². The molecule has 0 aromatic heterocycles. The largest absolute Gasteiger partial charge is 0.351 e. The van der Waals surface area contributed by atoms with Gasteiger partial charge in [-0.3, -0.25) is 0 Å². The summed E-state index contributed by atoms with van der Waals surface area (Å²) in [6.45, 7) is 5.09. The standard InChI is InChI=1S/C13H19ClN2O3/c1-3-18-12(19-4-2)9-15-13(17)16-11-7-5-6-10(14)8-11/h5-8,12H,3-4,9H2,1-2H3,(H2,15,16,17). The minimum Gasteiger partial charge on any atom is -0.351 e. The van der Waals surface area contributed by atoms with E-state index in [1.807, 2.05) is 13.8 Å². The minimum absolute atomic E-state index is 0.286. The first-order chi connectivity index (χ1) is 9.15. The molecular formula is C13H19ClN2O3. The van der Waals surface area contributed by atoms with E-state index >= 15 is 0 Å². The Morgan fingerprint density at radius 3 is 2.58 bits per heavy atom. The second-order valence-corrected chi connectivity index (χ2v) is 4.12. The second-order valence-electron chi connectivity index (χ2n) is 3.69. The number of urea groups is 1. The van der Waals surface area contributed by atoms with Crippen LogP contribution in [0.25, 0.3) is 0 Å². The fourth-order valence-electron chi connectivity index (χ4n) is 1.46. The number of carbonyl (C=O) groups excluding carboxylic acids is 1. The smallest absolute Gasteiger partial charge is 0.319 e. The number of carbonyl (C=O) groups is 1. The van der Waals surface area contributed by atoms with Crippen molar-refractivity contribution in [2.45, 2.75) is 20.1 Å². The number of hydrogen-bond donors (Lipinski definition) is 2. The molecule has 0 aliphatic carbocycles. The van der Waals surface area contributed by atoms with Gasteiger partial charge >= 0.3 is 6.03 Å². The molecule has 106 valence electrons. The molecule has 0 unspecified atom stereocenters. The number of anilines is 1. The maximum absolute atomic E-state index is 11.7. The first-order valence-corrected chi connectivity index (χ1v) is 6.57. The molecule has 1 aromatic rings. The molecule has 0 spiro atoms. The highest BCUT2D eigenvalue weighted by Gasteiger charge is 2.09. The minimum atomic E-state index is -0.430.